The SMILES string of the molecule is CCNCc1sc(S(=O)(=O)NCCC2CCOC2)cc1C. The van der Waals surface area contributed by atoms with Gasteiger partial charge in [-0.25, -0.2) is 13.1 Å². The van der Waals surface area contributed by atoms with E-state index in [0.717, 1.165) is 49.6 Å². The van der Waals surface area contributed by atoms with Crippen LogP contribution >= 0.6 is 11.3 Å². The lowest BCUT2D eigenvalue weighted by atomic mass is 10.1. The highest BCUT2D eigenvalue weighted by Gasteiger charge is 2.20. The third kappa shape index (κ3) is 4.75. The van der Waals surface area contributed by atoms with Gasteiger partial charge < -0.3 is 10.1 Å². The molecule has 0 aliphatic carbocycles. The van der Waals surface area contributed by atoms with Crippen LogP contribution in [-0.2, 0) is 21.3 Å². The summed E-state index contributed by atoms with van der Waals surface area (Å²) in [4.78, 5) is 1.08. The van der Waals surface area contributed by atoms with Gasteiger partial charge in [-0.15, -0.1) is 11.3 Å². The van der Waals surface area contributed by atoms with Crippen LogP contribution in [0.25, 0.3) is 0 Å². The van der Waals surface area contributed by atoms with Gasteiger partial charge in [-0.05, 0) is 43.9 Å². The number of hydrogen-bond donors (Lipinski definition) is 2. The highest BCUT2D eigenvalue weighted by Crippen LogP contribution is 2.26. The van der Waals surface area contributed by atoms with Crippen LogP contribution < -0.4 is 10.0 Å². The summed E-state index contributed by atoms with van der Waals surface area (Å²) in [5.41, 5.74) is 1.03. The summed E-state index contributed by atoms with van der Waals surface area (Å²) in [6, 6.07) is 1.76. The molecule has 1 atom stereocenters. The molecule has 0 bridgehead atoms. The molecule has 0 radical (unpaired) electrons. The van der Waals surface area contributed by atoms with Gasteiger partial charge in [-0.3, -0.25) is 0 Å². The highest BCUT2D eigenvalue weighted by atomic mass is 32.2. The van der Waals surface area contributed by atoms with Crippen molar-refractivity contribution >= 4 is 21.4 Å². The fraction of sp³-hybridized carbons (Fsp3) is 0.714. The maximum atomic E-state index is 12.3. The molecule has 2 rings (SSSR count). The fourth-order valence-electron chi connectivity index (χ4n) is 2.31. The minimum absolute atomic E-state index is 0.413. The smallest absolute Gasteiger partial charge is 0.250 e. The zero-order chi connectivity index (χ0) is 15.3. The average molecular weight is 332 g/mol. The number of sulfonamides is 1. The van der Waals surface area contributed by atoms with E-state index in [-0.39, 0.29) is 0 Å². The zero-order valence-electron chi connectivity index (χ0n) is 12.6. The van der Waals surface area contributed by atoms with Gasteiger partial charge in [0.15, 0.2) is 0 Å². The number of thiophene rings is 1. The lowest BCUT2D eigenvalue weighted by Crippen LogP contribution is -2.25. The van der Waals surface area contributed by atoms with Crippen molar-refractivity contribution in [2.24, 2.45) is 5.92 Å². The predicted molar refractivity (Wildman–Crippen MR) is 85.2 cm³/mol. The van der Waals surface area contributed by atoms with Gasteiger partial charge in [0.1, 0.15) is 4.21 Å². The minimum atomic E-state index is -3.38. The van der Waals surface area contributed by atoms with Crippen LogP contribution in [0.2, 0.25) is 0 Å². The minimum Gasteiger partial charge on any atom is -0.381 e. The summed E-state index contributed by atoms with van der Waals surface area (Å²) in [7, 11) is -3.38. The van der Waals surface area contributed by atoms with Crippen molar-refractivity contribution in [2.75, 3.05) is 26.3 Å². The lowest BCUT2D eigenvalue weighted by molar-refractivity contribution is 0.184. The molecular formula is C14H24N2O3S2. The molecule has 1 aliphatic heterocycles. The van der Waals surface area contributed by atoms with Crippen molar-refractivity contribution < 1.29 is 13.2 Å². The quantitative estimate of drug-likeness (QED) is 0.763. The summed E-state index contributed by atoms with van der Waals surface area (Å²) in [6.07, 6.45) is 1.88. The van der Waals surface area contributed by atoms with Crippen molar-refractivity contribution in [3.63, 3.8) is 0 Å². The van der Waals surface area contributed by atoms with Crippen LogP contribution in [0.3, 0.4) is 0 Å². The van der Waals surface area contributed by atoms with Crippen molar-refractivity contribution in [2.45, 2.75) is 37.4 Å². The van der Waals surface area contributed by atoms with Crippen LogP contribution in [-0.4, -0.2) is 34.7 Å². The predicted octanol–water partition coefficient (Wildman–Crippen LogP) is 1.87. The standard InChI is InChI=1S/C14H24N2O3S2/c1-3-15-9-13-11(2)8-14(20-13)21(17,18)16-6-4-12-5-7-19-10-12/h8,12,15-16H,3-7,9-10H2,1-2H3. The van der Waals surface area contributed by atoms with Crippen LogP contribution in [0, 0.1) is 12.8 Å². The molecule has 120 valence electrons. The first-order valence-electron chi connectivity index (χ1n) is 7.40. The maximum absolute atomic E-state index is 12.3. The Balaban J connectivity index is 1.91. The molecule has 21 heavy (non-hydrogen) atoms. The largest absolute Gasteiger partial charge is 0.381 e. The summed E-state index contributed by atoms with van der Waals surface area (Å²) in [6.45, 7) is 7.63. The summed E-state index contributed by atoms with van der Waals surface area (Å²) >= 11 is 1.35. The molecule has 7 heteroatoms. The Morgan fingerprint density at radius 3 is 2.95 bits per heavy atom. The number of aryl methyl sites for hydroxylation is 1. The second kappa shape index (κ2) is 7.69. The van der Waals surface area contributed by atoms with Crippen molar-refractivity contribution in [3.8, 4) is 0 Å². The topological polar surface area (TPSA) is 67.4 Å². The van der Waals surface area contributed by atoms with Gasteiger partial charge in [-0.2, -0.15) is 0 Å². The number of hydrogen-bond acceptors (Lipinski definition) is 5. The Morgan fingerprint density at radius 2 is 2.29 bits per heavy atom. The average Bonchev–Trinajstić information content (AvgIpc) is 3.06. The number of rotatable bonds is 8. The van der Waals surface area contributed by atoms with Crippen LogP contribution in [0.1, 0.15) is 30.2 Å². The van der Waals surface area contributed by atoms with Gasteiger partial charge in [0.25, 0.3) is 0 Å². The maximum Gasteiger partial charge on any atom is 0.250 e. The summed E-state index contributed by atoms with van der Waals surface area (Å²) < 4.78 is 33.0. The normalized spacial score (nSPS) is 19.2. The van der Waals surface area contributed by atoms with E-state index in [1.165, 1.54) is 11.3 Å². The summed E-state index contributed by atoms with van der Waals surface area (Å²) in [5, 5.41) is 3.23. The van der Waals surface area contributed by atoms with Gasteiger partial charge in [0.05, 0.1) is 0 Å². The Hall–Kier alpha value is -0.470. The van der Waals surface area contributed by atoms with Crippen LogP contribution in [0.4, 0.5) is 0 Å². The first kappa shape index (κ1) is 16.9. The van der Waals surface area contributed by atoms with E-state index >= 15 is 0 Å². The van der Waals surface area contributed by atoms with Crippen molar-refractivity contribution in [1.29, 1.82) is 0 Å². The number of nitrogens with one attached hydrogen (secondary N) is 2. The first-order valence-corrected chi connectivity index (χ1v) is 9.70. The van der Waals surface area contributed by atoms with E-state index in [1.54, 1.807) is 6.07 Å². The molecule has 2 heterocycles. The molecule has 2 N–H and O–H groups in total. The van der Waals surface area contributed by atoms with E-state index in [0.29, 0.717) is 16.7 Å². The Labute approximate surface area is 131 Å². The van der Waals surface area contributed by atoms with Crippen LogP contribution in [0.5, 0.6) is 0 Å². The second-order valence-corrected chi connectivity index (χ2v) is 8.50. The zero-order valence-corrected chi connectivity index (χ0v) is 14.3. The Morgan fingerprint density at radius 1 is 1.48 bits per heavy atom. The molecule has 1 fully saturated rings. The van der Waals surface area contributed by atoms with Gasteiger partial charge in [0, 0.05) is 31.2 Å². The third-order valence-corrected chi connectivity index (χ3v) is 6.84. The molecule has 0 saturated carbocycles. The Bertz CT molecular complexity index is 549. The van der Waals surface area contributed by atoms with Crippen LogP contribution in [0.15, 0.2) is 10.3 Å². The molecular weight excluding hydrogens is 308 g/mol. The Kier molecular flexibility index (Phi) is 6.19. The van der Waals surface area contributed by atoms with Gasteiger partial charge >= 0.3 is 0 Å². The molecule has 1 aromatic heterocycles. The fourth-order valence-corrected chi connectivity index (χ4v) is 4.97. The monoisotopic (exact) mass is 332 g/mol. The third-order valence-electron chi connectivity index (χ3n) is 3.67. The first-order chi connectivity index (χ1) is 10.0. The molecule has 1 aliphatic rings. The van der Waals surface area contributed by atoms with E-state index in [9.17, 15) is 8.42 Å². The molecule has 1 unspecified atom stereocenters. The van der Waals surface area contributed by atoms with E-state index in [1.807, 2.05) is 13.8 Å². The summed E-state index contributed by atoms with van der Waals surface area (Å²) in [5.74, 6) is 0.488. The molecule has 1 saturated heterocycles. The number of ether oxygens (including phenoxy) is 1. The van der Waals surface area contributed by atoms with E-state index in [2.05, 4.69) is 10.0 Å². The van der Waals surface area contributed by atoms with Gasteiger partial charge in [0.2, 0.25) is 10.0 Å². The molecule has 0 spiro atoms. The molecule has 1 aromatic rings. The second-order valence-electron chi connectivity index (χ2n) is 5.37. The lowest BCUT2D eigenvalue weighted by Gasteiger charge is -2.08. The van der Waals surface area contributed by atoms with Crippen molar-refractivity contribution in [1.82, 2.24) is 10.0 Å². The van der Waals surface area contributed by atoms with Gasteiger partial charge in [-0.1, -0.05) is 6.92 Å². The molecule has 0 amide bonds. The molecule has 5 nitrogen and oxygen atoms in total. The molecule has 0 aromatic carbocycles. The highest BCUT2D eigenvalue weighted by molar-refractivity contribution is 7.91. The van der Waals surface area contributed by atoms with E-state index in [4.69, 9.17) is 4.74 Å². The van der Waals surface area contributed by atoms with Crippen molar-refractivity contribution in [3.05, 3.63) is 16.5 Å². The van der Waals surface area contributed by atoms with E-state index < -0.39 is 10.0 Å².